The third-order valence-electron chi connectivity index (χ3n) is 3.57. The lowest BCUT2D eigenvalue weighted by molar-refractivity contribution is -0.129. The molecule has 2 aromatic rings. The van der Waals surface area contributed by atoms with Gasteiger partial charge in [-0.3, -0.25) is 9.59 Å². The van der Waals surface area contributed by atoms with Gasteiger partial charge < -0.3 is 26.8 Å². The fraction of sp³-hybridized carbons (Fsp3) is 0.167. The van der Waals surface area contributed by atoms with E-state index in [0.717, 1.165) is 0 Å². The minimum atomic E-state index is -1.39. The van der Waals surface area contributed by atoms with Crippen LogP contribution < -0.4 is 21.7 Å². The van der Waals surface area contributed by atoms with Crippen molar-refractivity contribution in [1.82, 2.24) is 10.6 Å². The van der Waals surface area contributed by atoms with E-state index in [1.165, 1.54) is 12.1 Å². The smallest absolute Gasteiger partial charge is 0.316 e. The van der Waals surface area contributed by atoms with Gasteiger partial charge in [0.2, 0.25) is 0 Å². The quantitative estimate of drug-likeness (QED) is 0.457. The molecule has 27 heavy (non-hydrogen) atoms. The molecule has 0 heterocycles. The van der Waals surface area contributed by atoms with Crippen molar-refractivity contribution in [3.05, 3.63) is 64.7 Å². The zero-order valence-corrected chi connectivity index (χ0v) is 15.0. The van der Waals surface area contributed by atoms with E-state index in [4.69, 9.17) is 17.3 Å². The predicted molar refractivity (Wildman–Crippen MR) is 101 cm³/mol. The van der Waals surface area contributed by atoms with Crippen LogP contribution in [0.3, 0.4) is 0 Å². The summed E-state index contributed by atoms with van der Waals surface area (Å²) in [6.45, 7) is 0.300. The number of primary amides is 1. The molecule has 0 aromatic heterocycles. The first kappa shape index (κ1) is 20.2. The lowest BCUT2D eigenvalue weighted by Gasteiger charge is -2.13. The van der Waals surface area contributed by atoms with Crippen LogP contribution in [0.4, 0.5) is 10.5 Å². The van der Waals surface area contributed by atoms with Gasteiger partial charge in [-0.1, -0.05) is 29.8 Å². The molecule has 0 spiro atoms. The van der Waals surface area contributed by atoms with Gasteiger partial charge in [-0.05, 0) is 30.3 Å². The molecule has 8 nitrogen and oxygen atoms in total. The Hall–Kier alpha value is -3.10. The van der Waals surface area contributed by atoms with Crippen LogP contribution in [0.1, 0.15) is 22.0 Å². The standard InChI is InChI=1S/C18H19ClN4O4/c19-14-4-2-1-3-13(14)15(24)17(26)22-10-9-21-16(25)11-5-7-12(8-6-11)23-18(20)27/h1-8,15,24H,9-10H2,(H,21,25)(H,22,26)(H3,20,23,27)/t15-/m1/s1. The summed E-state index contributed by atoms with van der Waals surface area (Å²) >= 11 is 5.95. The average molecular weight is 391 g/mol. The molecule has 0 aliphatic rings. The molecule has 6 N–H and O–H groups in total. The minimum Gasteiger partial charge on any atom is -0.378 e. The highest BCUT2D eigenvalue weighted by molar-refractivity contribution is 6.31. The number of carbonyl (C=O) groups is 3. The fourth-order valence-electron chi connectivity index (χ4n) is 2.25. The van der Waals surface area contributed by atoms with Crippen LogP contribution in [0.25, 0.3) is 0 Å². The van der Waals surface area contributed by atoms with E-state index in [-0.39, 0.29) is 19.0 Å². The van der Waals surface area contributed by atoms with Crippen molar-refractivity contribution >= 4 is 35.1 Å². The molecule has 0 saturated carbocycles. The SMILES string of the molecule is NC(=O)Nc1ccc(C(=O)NCCNC(=O)[C@H](O)c2ccccc2Cl)cc1. The first-order chi connectivity index (χ1) is 12.9. The van der Waals surface area contributed by atoms with E-state index in [1.807, 2.05) is 0 Å². The lowest BCUT2D eigenvalue weighted by Crippen LogP contribution is -2.37. The van der Waals surface area contributed by atoms with Crippen LogP contribution in [0.5, 0.6) is 0 Å². The first-order valence-corrected chi connectivity index (χ1v) is 8.41. The number of aliphatic hydroxyl groups excluding tert-OH is 1. The van der Waals surface area contributed by atoms with Crippen LogP contribution >= 0.6 is 11.6 Å². The highest BCUT2D eigenvalue weighted by atomic mass is 35.5. The molecule has 4 amide bonds. The molecule has 0 fully saturated rings. The monoisotopic (exact) mass is 390 g/mol. The van der Waals surface area contributed by atoms with Gasteiger partial charge in [-0.15, -0.1) is 0 Å². The van der Waals surface area contributed by atoms with Gasteiger partial charge in [0.05, 0.1) is 0 Å². The fourth-order valence-corrected chi connectivity index (χ4v) is 2.48. The van der Waals surface area contributed by atoms with Crippen molar-refractivity contribution in [1.29, 1.82) is 0 Å². The lowest BCUT2D eigenvalue weighted by atomic mass is 10.1. The third-order valence-corrected chi connectivity index (χ3v) is 3.92. The summed E-state index contributed by atoms with van der Waals surface area (Å²) < 4.78 is 0. The normalized spacial score (nSPS) is 11.3. The first-order valence-electron chi connectivity index (χ1n) is 8.03. The molecule has 2 aromatic carbocycles. The van der Waals surface area contributed by atoms with Gasteiger partial charge in [0.15, 0.2) is 6.10 Å². The number of nitrogens with two attached hydrogens (primary N) is 1. The maximum absolute atomic E-state index is 12.0. The number of carbonyl (C=O) groups excluding carboxylic acids is 3. The number of benzene rings is 2. The molecular weight excluding hydrogens is 372 g/mol. The van der Waals surface area contributed by atoms with Crippen molar-refractivity contribution in [2.45, 2.75) is 6.10 Å². The Morgan fingerprint density at radius 2 is 1.63 bits per heavy atom. The molecule has 9 heteroatoms. The number of aliphatic hydroxyl groups is 1. The Kier molecular flexibility index (Phi) is 7.16. The van der Waals surface area contributed by atoms with Crippen molar-refractivity contribution in [3.63, 3.8) is 0 Å². The van der Waals surface area contributed by atoms with Crippen LogP contribution in [0, 0.1) is 0 Å². The number of anilines is 1. The van der Waals surface area contributed by atoms with E-state index in [0.29, 0.717) is 21.8 Å². The number of rotatable bonds is 7. The topological polar surface area (TPSA) is 134 Å². The highest BCUT2D eigenvalue weighted by Gasteiger charge is 2.19. The van der Waals surface area contributed by atoms with Crippen LogP contribution in [-0.4, -0.2) is 36.0 Å². The summed E-state index contributed by atoms with van der Waals surface area (Å²) in [4.78, 5) is 34.7. The zero-order valence-electron chi connectivity index (χ0n) is 14.2. The second-order valence-corrected chi connectivity index (χ2v) is 5.94. The van der Waals surface area contributed by atoms with Gasteiger partial charge in [0.1, 0.15) is 0 Å². The molecular formula is C18H19ClN4O4. The molecule has 0 radical (unpaired) electrons. The molecule has 2 rings (SSSR count). The summed E-state index contributed by atoms with van der Waals surface area (Å²) in [7, 11) is 0. The van der Waals surface area contributed by atoms with Gasteiger partial charge in [0, 0.05) is 34.9 Å². The summed E-state index contributed by atoms with van der Waals surface area (Å²) in [5, 5.41) is 17.9. The Bertz CT molecular complexity index is 826. The van der Waals surface area contributed by atoms with E-state index < -0.39 is 18.0 Å². The van der Waals surface area contributed by atoms with Gasteiger partial charge in [0.25, 0.3) is 11.8 Å². The summed E-state index contributed by atoms with van der Waals surface area (Å²) in [6, 6.07) is 12.0. The minimum absolute atomic E-state index is 0.132. The molecule has 0 saturated heterocycles. The predicted octanol–water partition coefficient (Wildman–Crippen LogP) is 1.41. The summed E-state index contributed by atoms with van der Waals surface area (Å²) in [5.74, 6) is -0.958. The molecule has 0 unspecified atom stereocenters. The van der Waals surface area contributed by atoms with Crippen molar-refractivity contribution in [2.24, 2.45) is 5.73 Å². The van der Waals surface area contributed by atoms with Gasteiger partial charge in [-0.25, -0.2) is 4.79 Å². The second-order valence-electron chi connectivity index (χ2n) is 5.54. The van der Waals surface area contributed by atoms with E-state index >= 15 is 0 Å². The van der Waals surface area contributed by atoms with Gasteiger partial charge >= 0.3 is 6.03 Å². The second kappa shape index (κ2) is 9.56. The molecule has 142 valence electrons. The molecule has 0 aliphatic carbocycles. The van der Waals surface area contributed by atoms with Crippen LogP contribution in [0.2, 0.25) is 5.02 Å². The Balaban J connectivity index is 1.77. The van der Waals surface area contributed by atoms with Gasteiger partial charge in [-0.2, -0.15) is 0 Å². The largest absolute Gasteiger partial charge is 0.378 e. The summed E-state index contributed by atoms with van der Waals surface area (Å²) in [5.41, 5.74) is 6.17. The molecule has 0 aliphatic heterocycles. The number of halogens is 1. The van der Waals surface area contributed by atoms with E-state index in [2.05, 4.69) is 16.0 Å². The number of nitrogens with one attached hydrogen (secondary N) is 3. The highest BCUT2D eigenvalue weighted by Crippen LogP contribution is 2.22. The van der Waals surface area contributed by atoms with E-state index in [9.17, 15) is 19.5 Å². The van der Waals surface area contributed by atoms with E-state index in [1.54, 1.807) is 36.4 Å². The third kappa shape index (κ3) is 5.98. The molecule has 1 atom stereocenters. The van der Waals surface area contributed by atoms with Crippen molar-refractivity contribution in [2.75, 3.05) is 18.4 Å². The zero-order chi connectivity index (χ0) is 19.8. The number of amides is 4. The number of hydrogen-bond donors (Lipinski definition) is 5. The summed E-state index contributed by atoms with van der Waals surface area (Å²) in [6.07, 6.45) is -1.39. The molecule has 0 bridgehead atoms. The average Bonchev–Trinajstić information content (AvgIpc) is 2.64. The van der Waals surface area contributed by atoms with Crippen molar-refractivity contribution < 1.29 is 19.5 Å². The van der Waals surface area contributed by atoms with Crippen LogP contribution in [-0.2, 0) is 4.79 Å². The van der Waals surface area contributed by atoms with Crippen molar-refractivity contribution in [3.8, 4) is 0 Å². The number of hydrogen-bond acceptors (Lipinski definition) is 4. The Morgan fingerprint density at radius 3 is 2.26 bits per heavy atom. The Morgan fingerprint density at radius 1 is 1.00 bits per heavy atom. The maximum Gasteiger partial charge on any atom is 0.316 e. The number of urea groups is 1. The Labute approximate surface area is 160 Å². The van der Waals surface area contributed by atoms with Crippen LogP contribution in [0.15, 0.2) is 48.5 Å². The maximum atomic E-state index is 12.0.